The fourth-order valence-corrected chi connectivity index (χ4v) is 2.73. The number of methoxy groups -OCH3 is 3. The number of ether oxygens (including phenoxy) is 5. The molecule has 0 aliphatic heterocycles. The van der Waals surface area contributed by atoms with Gasteiger partial charge in [0.25, 0.3) is 0 Å². The Morgan fingerprint density at radius 2 is 1.48 bits per heavy atom. The lowest BCUT2D eigenvalue weighted by Crippen LogP contribution is -2.07. The molecule has 0 radical (unpaired) electrons. The standard InChI is InChI=1S/C22H22F3N3O5/c1-29-6-7-32-17-5-4-13(8-16(17)23)28-22-26-10-14(11-27-22)33-12-15-20(24)18(30-2)9-19(31-3)21(15)25/h4-5,8-11H,6-7,12H2,1-3H3,(H,26,27,28). The summed E-state index contributed by atoms with van der Waals surface area (Å²) in [6.07, 6.45) is 2.61. The Labute approximate surface area is 188 Å². The molecule has 0 saturated carbocycles. The molecule has 0 amide bonds. The van der Waals surface area contributed by atoms with Crippen LogP contribution in [0.2, 0.25) is 0 Å². The summed E-state index contributed by atoms with van der Waals surface area (Å²) >= 11 is 0. The first kappa shape index (κ1) is 23.9. The van der Waals surface area contributed by atoms with Crippen LogP contribution in [0.1, 0.15) is 5.56 Å². The highest BCUT2D eigenvalue weighted by atomic mass is 19.1. The van der Waals surface area contributed by atoms with Crippen LogP contribution in [-0.4, -0.2) is 44.5 Å². The third kappa shape index (κ3) is 5.95. The Hall–Kier alpha value is -3.73. The molecule has 1 N–H and O–H groups in total. The van der Waals surface area contributed by atoms with Gasteiger partial charge < -0.3 is 29.0 Å². The van der Waals surface area contributed by atoms with E-state index in [1.165, 1.54) is 45.9 Å². The highest BCUT2D eigenvalue weighted by Gasteiger charge is 2.20. The maximum atomic E-state index is 14.4. The topological polar surface area (TPSA) is 84.0 Å². The van der Waals surface area contributed by atoms with E-state index in [1.54, 1.807) is 6.07 Å². The Balaban J connectivity index is 1.64. The molecular weight excluding hydrogens is 443 g/mol. The van der Waals surface area contributed by atoms with Crippen molar-refractivity contribution in [2.24, 2.45) is 0 Å². The molecule has 2 aromatic carbocycles. The van der Waals surface area contributed by atoms with E-state index in [0.29, 0.717) is 12.3 Å². The van der Waals surface area contributed by atoms with Gasteiger partial charge in [-0.25, -0.2) is 23.1 Å². The minimum Gasteiger partial charge on any atom is -0.494 e. The summed E-state index contributed by atoms with van der Waals surface area (Å²) in [4.78, 5) is 8.11. The van der Waals surface area contributed by atoms with Gasteiger partial charge in [0.15, 0.2) is 40.4 Å². The summed E-state index contributed by atoms with van der Waals surface area (Å²) in [6, 6.07) is 5.41. The number of halogens is 3. The molecule has 0 atom stereocenters. The summed E-state index contributed by atoms with van der Waals surface area (Å²) < 4.78 is 68.3. The van der Waals surface area contributed by atoms with Crippen molar-refractivity contribution in [2.75, 3.05) is 39.9 Å². The van der Waals surface area contributed by atoms with E-state index in [0.717, 1.165) is 6.07 Å². The first-order chi connectivity index (χ1) is 16.0. The number of hydrogen-bond acceptors (Lipinski definition) is 8. The summed E-state index contributed by atoms with van der Waals surface area (Å²) in [5.74, 6) is -2.29. The van der Waals surface area contributed by atoms with Crippen LogP contribution in [0.4, 0.5) is 24.8 Å². The monoisotopic (exact) mass is 465 g/mol. The maximum Gasteiger partial charge on any atom is 0.227 e. The predicted molar refractivity (Wildman–Crippen MR) is 113 cm³/mol. The molecule has 176 valence electrons. The zero-order valence-corrected chi connectivity index (χ0v) is 18.2. The number of anilines is 2. The van der Waals surface area contributed by atoms with Gasteiger partial charge in [-0.3, -0.25) is 0 Å². The zero-order chi connectivity index (χ0) is 23.8. The van der Waals surface area contributed by atoms with Crippen molar-refractivity contribution in [1.82, 2.24) is 9.97 Å². The van der Waals surface area contributed by atoms with E-state index >= 15 is 0 Å². The van der Waals surface area contributed by atoms with Gasteiger partial charge in [0, 0.05) is 24.9 Å². The summed E-state index contributed by atoms with van der Waals surface area (Å²) in [5, 5.41) is 2.84. The number of nitrogens with one attached hydrogen (secondary N) is 1. The van der Waals surface area contributed by atoms with Crippen molar-refractivity contribution in [3.63, 3.8) is 0 Å². The third-order valence-electron chi connectivity index (χ3n) is 4.41. The molecule has 1 heterocycles. The average Bonchev–Trinajstić information content (AvgIpc) is 2.82. The maximum absolute atomic E-state index is 14.4. The van der Waals surface area contributed by atoms with E-state index in [1.807, 2.05) is 0 Å². The Morgan fingerprint density at radius 1 is 0.818 bits per heavy atom. The van der Waals surface area contributed by atoms with Crippen LogP contribution in [0.5, 0.6) is 23.0 Å². The molecule has 0 unspecified atom stereocenters. The van der Waals surface area contributed by atoms with Crippen molar-refractivity contribution < 1.29 is 36.9 Å². The van der Waals surface area contributed by atoms with Crippen LogP contribution in [0.3, 0.4) is 0 Å². The molecule has 1 aromatic heterocycles. The smallest absolute Gasteiger partial charge is 0.227 e. The number of benzene rings is 2. The van der Waals surface area contributed by atoms with Crippen molar-refractivity contribution in [2.45, 2.75) is 6.61 Å². The minimum atomic E-state index is -0.897. The quantitative estimate of drug-likeness (QED) is 0.421. The minimum absolute atomic E-state index is 0.0934. The van der Waals surface area contributed by atoms with Crippen molar-refractivity contribution in [1.29, 1.82) is 0 Å². The molecule has 0 fully saturated rings. The van der Waals surface area contributed by atoms with Gasteiger partial charge >= 0.3 is 0 Å². The van der Waals surface area contributed by atoms with Gasteiger partial charge in [-0.1, -0.05) is 0 Å². The van der Waals surface area contributed by atoms with Crippen molar-refractivity contribution in [3.8, 4) is 23.0 Å². The van der Waals surface area contributed by atoms with E-state index in [2.05, 4.69) is 15.3 Å². The molecular formula is C22H22F3N3O5. The number of hydrogen-bond donors (Lipinski definition) is 1. The fraction of sp³-hybridized carbons (Fsp3) is 0.273. The molecule has 11 heteroatoms. The Kier molecular flexibility index (Phi) is 8.14. The molecule has 33 heavy (non-hydrogen) atoms. The fourth-order valence-electron chi connectivity index (χ4n) is 2.73. The SMILES string of the molecule is COCCOc1ccc(Nc2ncc(OCc3c(F)c(OC)cc(OC)c3F)cn2)cc1F. The van der Waals surface area contributed by atoms with Crippen LogP contribution in [0.15, 0.2) is 36.7 Å². The number of nitrogens with zero attached hydrogens (tertiary/aromatic N) is 2. The van der Waals surface area contributed by atoms with Crippen LogP contribution in [0, 0.1) is 17.5 Å². The number of aromatic nitrogens is 2. The second kappa shape index (κ2) is 11.2. The van der Waals surface area contributed by atoms with Crippen LogP contribution in [0.25, 0.3) is 0 Å². The predicted octanol–water partition coefficient (Wildman–Crippen LogP) is 4.26. The van der Waals surface area contributed by atoms with Crippen molar-refractivity contribution >= 4 is 11.6 Å². The van der Waals surface area contributed by atoms with Gasteiger partial charge in [-0.15, -0.1) is 0 Å². The normalized spacial score (nSPS) is 10.6. The van der Waals surface area contributed by atoms with Gasteiger partial charge in [0.1, 0.15) is 13.2 Å². The molecule has 3 rings (SSSR count). The molecule has 8 nitrogen and oxygen atoms in total. The molecule has 3 aromatic rings. The van der Waals surface area contributed by atoms with E-state index in [4.69, 9.17) is 23.7 Å². The Bertz CT molecular complexity index is 1060. The van der Waals surface area contributed by atoms with Gasteiger partial charge in [-0.05, 0) is 12.1 Å². The largest absolute Gasteiger partial charge is 0.494 e. The Morgan fingerprint density at radius 3 is 2.06 bits per heavy atom. The molecule has 0 aliphatic rings. The van der Waals surface area contributed by atoms with E-state index in [-0.39, 0.29) is 41.1 Å². The third-order valence-corrected chi connectivity index (χ3v) is 4.41. The summed E-state index contributed by atoms with van der Waals surface area (Å²) in [6.45, 7) is 0.116. The van der Waals surface area contributed by atoms with Gasteiger partial charge in [0.05, 0.1) is 38.8 Å². The van der Waals surface area contributed by atoms with Crippen LogP contribution >= 0.6 is 0 Å². The molecule has 0 bridgehead atoms. The van der Waals surface area contributed by atoms with Gasteiger partial charge in [0.2, 0.25) is 5.95 Å². The van der Waals surface area contributed by atoms with Gasteiger partial charge in [-0.2, -0.15) is 0 Å². The number of rotatable bonds is 11. The van der Waals surface area contributed by atoms with E-state index < -0.39 is 24.1 Å². The first-order valence-electron chi connectivity index (χ1n) is 9.68. The van der Waals surface area contributed by atoms with E-state index in [9.17, 15) is 13.2 Å². The highest BCUT2D eigenvalue weighted by Crippen LogP contribution is 2.32. The zero-order valence-electron chi connectivity index (χ0n) is 18.2. The lowest BCUT2D eigenvalue weighted by molar-refractivity contribution is 0.144. The lowest BCUT2D eigenvalue weighted by Gasteiger charge is -2.13. The summed E-state index contributed by atoms with van der Waals surface area (Å²) in [7, 11) is 4.04. The molecule has 0 saturated heterocycles. The molecule has 0 aliphatic carbocycles. The second-order valence-electron chi connectivity index (χ2n) is 6.53. The van der Waals surface area contributed by atoms with Crippen LogP contribution in [-0.2, 0) is 11.3 Å². The lowest BCUT2D eigenvalue weighted by atomic mass is 10.1. The molecule has 0 spiro atoms. The van der Waals surface area contributed by atoms with Crippen LogP contribution < -0.4 is 24.3 Å². The second-order valence-corrected chi connectivity index (χ2v) is 6.53. The summed E-state index contributed by atoms with van der Waals surface area (Å²) in [5.41, 5.74) is 0.0320. The van der Waals surface area contributed by atoms with Crippen molar-refractivity contribution in [3.05, 3.63) is 59.7 Å². The average molecular weight is 465 g/mol. The highest BCUT2D eigenvalue weighted by molar-refractivity contribution is 5.55. The first-order valence-corrected chi connectivity index (χ1v) is 9.68.